The molecular formula is C26H23N5O2S. The Morgan fingerprint density at radius 1 is 1.06 bits per heavy atom. The number of fused-ring (bicyclic) bond motifs is 1. The van der Waals surface area contributed by atoms with Crippen LogP contribution in [0.1, 0.15) is 22.5 Å². The fourth-order valence-corrected chi connectivity index (χ4v) is 4.51. The zero-order valence-corrected chi connectivity index (χ0v) is 19.2. The van der Waals surface area contributed by atoms with Crippen molar-refractivity contribution >= 4 is 28.7 Å². The van der Waals surface area contributed by atoms with Crippen LogP contribution < -0.4 is 5.32 Å². The zero-order chi connectivity index (χ0) is 23.2. The molecule has 1 aromatic carbocycles. The second-order valence-corrected chi connectivity index (χ2v) is 8.85. The number of nitrogens with zero attached hydrogens (tertiary/aromatic N) is 4. The molecule has 0 radical (unpaired) electrons. The number of benzene rings is 1. The molecule has 5 aromatic rings. The average molecular weight is 470 g/mol. The Morgan fingerprint density at radius 3 is 2.76 bits per heavy atom. The highest BCUT2D eigenvalue weighted by molar-refractivity contribution is 7.99. The molecule has 0 fully saturated rings. The van der Waals surface area contributed by atoms with Gasteiger partial charge in [0.2, 0.25) is 0 Å². The molecule has 1 N–H and O–H groups in total. The van der Waals surface area contributed by atoms with Gasteiger partial charge in [0.25, 0.3) is 5.91 Å². The Bertz CT molecular complexity index is 1370. The summed E-state index contributed by atoms with van der Waals surface area (Å²) >= 11 is 1.78. The summed E-state index contributed by atoms with van der Waals surface area (Å²) in [5.74, 6) is 1.55. The third-order valence-corrected chi connectivity index (χ3v) is 6.41. The van der Waals surface area contributed by atoms with Crippen molar-refractivity contribution in [3.63, 3.8) is 0 Å². The van der Waals surface area contributed by atoms with Crippen LogP contribution in [-0.2, 0) is 6.54 Å². The van der Waals surface area contributed by atoms with E-state index < -0.39 is 0 Å². The summed E-state index contributed by atoms with van der Waals surface area (Å²) in [4.78, 5) is 23.4. The predicted octanol–water partition coefficient (Wildman–Crippen LogP) is 5.05. The van der Waals surface area contributed by atoms with Gasteiger partial charge in [0.05, 0.1) is 29.1 Å². The summed E-state index contributed by atoms with van der Waals surface area (Å²) in [6, 6.07) is 19.6. The van der Waals surface area contributed by atoms with E-state index in [1.54, 1.807) is 41.3 Å². The lowest BCUT2D eigenvalue weighted by Gasteiger charge is -2.09. The van der Waals surface area contributed by atoms with Crippen molar-refractivity contribution < 1.29 is 9.21 Å². The normalized spacial score (nSPS) is 11.1. The summed E-state index contributed by atoms with van der Waals surface area (Å²) in [6.45, 7) is 1.02. The monoisotopic (exact) mass is 469 g/mol. The molecule has 4 heterocycles. The second-order valence-electron chi connectivity index (χ2n) is 7.69. The standard InChI is InChI=1S/C26H23N5O2S/c32-26(28-12-6-14-34-21-9-2-1-3-10-21)22-15-24(19-7-4-11-27-16-19)30-25-23(22)17-29-31(25)18-20-8-5-13-33-20/h1-5,7-11,13,15-17H,6,12,14,18H2,(H,28,32). The molecule has 0 unspecified atom stereocenters. The van der Waals surface area contributed by atoms with Gasteiger partial charge in [-0.3, -0.25) is 9.78 Å². The van der Waals surface area contributed by atoms with Gasteiger partial charge in [0, 0.05) is 29.4 Å². The Kier molecular flexibility index (Phi) is 6.67. The van der Waals surface area contributed by atoms with Gasteiger partial charge in [-0.1, -0.05) is 18.2 Å². The van der Waals surface area contributed by atoms with E-state index in [-0.39, 0.29) is 5.91 Å². The molecular weight excluding hydrogens is 446 g/mol. The van der Waals surface area contributed by atoms with E-state index in [4.69, 9.17) is 9.40 Å². The van der Waals surface area contributed by atoms with Crippen LogP contribution in [0.15, 0.2) is 94.8 Å². The first-order valence-electron chi connectivity index (χ1n) is 11.0. The van der Waals surface area contributed by atoms with Crippen molar-refractivity contribution in [2.45, 2.75) is 17.9 Å². The molecule has 0 saturated carbocycles. The van der Waals surface area contributed by atoms with Crippen LogP contribution in [0.5, 0.6) is 0 Å². The van der Waals surface area contributed by atoms with E-state index in [0.717, 1.165) is 23.5 Å². The second kappa shape index (κ2) is 10.4. The van der Waals surface area contributed by atoms with E-state index >= 15 is 0 Å². The summed E-state index contributed by atoms with van der Waals surface area (Å²) in [6.07, 6.45) is 7.64. The van der Waals surface area contributed by atoms with Crippen molar-refractivity contribution in [3.8, 4) is 11.3 Å². The van der Waals surface area contributed by atoms with E-state index in [1.807, 2.05) is 48.5 Å². The van der Waals surface area contributed by atoms with Gasteiger partial charge in [0.1, 0.15) is 12.3 Å². The first kappa shape index (κ1) is 21.9. The Balaban J connectivity index is 1.36. The van der Waals surface area contributed by atoms with E-state index in [1.165, 1.54) is 4.90 Å². The first-order valence-corrected chi connectivity index (χ1v) is 12.0. The Labute approximate surface area is 201 Å². The van der Waals surface area contributed by atoms with E-state index in [0.29, 0.717) is 35.4 Å². The number of hydrogen-bond donors (Lipinski definition) is 1. The smallest absolute Gasteiger partial charge is 0.252 e. The minimum absolute atomic E-state index is 0.139. The molecule has 4 aromatic heterocycles. The number of aromatic nitrogens is 4. The fraction of sp³-hybridized carbons (Fsp3) is 0.154. The van der Waals surface area contributed by atoms with Gasteiger partial charge >= 0.3 is 0 Å². The molecule has 8 heteroatoms. The minimum Gasteiger partial charge on any atom is -0.467 e. The number of carbonyl (C=O) groups excluding carboxylic acids is 1. The molecule has 1 amide bonds. The van der Waals surface area contributed by atoms with Crippen LogP contribution >= 0.6 is 11.8 Å². The minimum atomic E-state index is -0.139. The number of rotatable bonds is 9. The van der Waals surface area contributed by atoms with Crippen molar-refractivity contribution in [3.05, 3.63) is 96.8 Å². The van der Waals surface area contributed by atoms with Crippen LogP contribution in [0.4, 0.5) is 0 Å². The maximum Gasteiger partial charge on any atom is 0.252 e. The van der Waals surface area contributed by atoms with Crippen molar-refractivity contribution in [1.29, 1.82) is 0 Å². The van der Waals surface area contributed by atoms with Gasteiger partial charge in [-0.2, -0.15) is 5.10 Å². The fourth-order valence-electron chi connectivity index (χ4n) is 3.64. The molecule has 5 rings (SSSR count). The van der Waals surface area contributed by atoms with Gasteiger partial charge in [0.15, 0.2) is 5.65 Å². The highest BCUT2D eigenvalue weighted by Gasteiger charge is 2.18. The zero-order valence-electron chi connectivity index (χ0n) is 18.4. The molecule has 34 heavy (non-hydrogen) atoms. The number of hydrogen-bond acceptors (Lipinski definition) is 6. The summed E-state index contributed by atoms with van der Waals surface area (Å²) < 4.78 is 7.23. The highest BCUT2D eigenvalue weighted by atomic mass is 32.2. The van der Waals surface area contributed by atoms with E-state index in [2.05, 4.69) is 27.5 Å². The number of nitrogens with one attached hydrogen (secondary N) is 1. The topological polar surface area (TPSA) is 85.8 Å². The third kappa shape index (κ3) is 5.02. The molecule has 7 nitrogen and oxygen atoms in total. The Hall–Kier alpha value is -3.91. The van der Waals surface area contributed by atoms with Crippen LogP contribution in [0.3, 0.4) is 0 Å². The van der Waals surface area contributed by atoms with Crippen molar-refractivity contribution in [2.75, 3.05) is 12.3 Å². The average Bonchev–Trinajstić information content (AvgIpc) is 3.55. The molecule has 0 aliphatic heterocycles. The maximum atomic E-state index is 13.2. The number of thioether (sulfide) groups is 1. The molecule has 170 valence electrons. The SMILES string of the molecule is O=C(NCCCSc1ccccc1)c1cc(-c2cccnc2)nc2c1cnn2Cc1ccco1. The number of furan rings is 1. The third-order valence-electron chi connectivity index (χ3n) is 5.32. The molecule has 0 saturated heterocycles. The summed E-state index contributed by atoms with van der Waals surface area (Å²) in [7, 11) is 0. The molecule has 0 spiro atoms. The lowest BCUT2D eigenvalue weighted by Crippen LogP contribution is -2.25. The summed E-state index contributed by atoms with van der Waals surface area (Å²) in [5, 5.41) is 8.25. The van der Waals surface area contributed by atoms with Gasteiger partial charge in [-0.15, -0.1) is 11.8 Å². The molecule has 0 atom stereocenters. The van der Waals surface area contributed by atoms with E-state index in [9.17, 15) is 4.79 Å². The van der Waals surface area contributed by atoms with Gasteiger partial charge in [-0.25, -0.2) is 9.67 Å². The predicted molar refractivity (Wildman–Crippen MR) is 133 cm³/mol. The van der Waals surface area contributed by atoms with Gasteiger partial charge in [-0.05, 0) is 54.6 Å². The Morgan fingerprint density at radius 2 is 1.97 bits per heavy atom. The first-order chi connectivity index (χ1) is 16.8. The number of carbonyl (C=O) groups is 1. The van der Waals surface area contributed by atoms with Crippen molar-refractivity contribution in [2.24, 2.45) is 0 Å². The quantitative estimate of drug-likeness (QED) is 0.240. The van der Waals surface area contributed by atoms with Crippen LogP contribution in [0.25, 0.3) is 22.3 Å². The van der Waals surface area contributed by atoms with Crippen molar-refractivity contribution in [1.82, 2.24) is 25.1 Å². The largest absolute Gasteiger partial charge is 0.467 e. The maximum absolute atomic E-state index is 13.2. The van der Waals surface area contributed by atoms with Crippen LogP contribution in [0.2, 0.25) is 0 Å². The number of amides is 1. The van der Waals surface area contributed by atoms with Gasteiger partial charge < -0.3 is 9.73 Å². The van der Waals surface area contributed by atoms with Crippen LogP contribution in [0, 0.1) is 0 Å². The number of pyridine rings is 2. The highest BCUT2D eigenvalue weighted by Crippen LogP contribution is 2.25. The molecule has 0 bridgehead atoms. The molecule has 0 aliphatic rings. The molecule has 0 aliphatic carbocycles. The van der Waals surface area contributed by atoms with Crippen LogP contribution in [-0.4, -0.2) is 38.0 Å². The lowest BCUT2D eigenvalue weighted by atomic mass is 10.1. The summed E-state index contributed by atoms with van der Waals surface area (Å²) in [5.41, 5.74) is 2.68. The lowest BCUT2D eigenvalue weighted by molar-refractivity contribution is 0.0955.